The summed E-state index contributed by atoms with van der Waals surface area (Å²) in [5.41, 5.74) is 4.80. The topological polar surface area (TPSA) is 81.7 Å². The van der Waals surface area contributed by atoms with Crippen LogP contribution in [0.2, 0.25) is 0 Å². The highest BCUT2D eigenvalue weighted by molar-refractivity contribution is 5.95. The van der Waals surface area contributed by atoms with Gasteiger partial charge < -0.3 is 14.4 Å². The van der Waals surface area contributed by atoms with Crippen molar-refractivity contribution in [3.8, 4) is 11.3 Å². The number of nitrogens with zero attached hydrogens (tertiary/aromatic N) is 5. The van der Waals surface area contributed by atoms with Crippen molar-refractivity contribution in [2.24, 2.45) is 7.05 Å². The first kappa shape index (κ1) is 15.3. The first-order chi connectivity index (χ1) is 12.0. The van der Waals surface area contributed by atoms with E-state index in [-0.39, 0.29) is 0 Å². The molecule has 4 heterocycles. The van der Waals surface area contributed by atoms with Crippen molar-refractivity contribution < 1.29 is 4.52 Å². The molecule has 0 fully saturated rings. The van der Waals surface area contributed by atoms with Crippen molar-refractivity contribution in [1.82, 2.24) is 24.7 Å². The number of aromatic nitrogens is 5. The van der Waals surface area contributed by atoms with E-state index in [4.69, 9.17) is 9.51 Å². The lowest BCUT2D eigenvalue weighted by Gasteiger charge is -2.10. The van der Waals surface area contributed by atoms with Crippen LogP contribution in [0.3, 0.4) is 0 Å². The molecule has 4 aromatic rings. The van der Waals surface area contributed by atoms with Gasteiger partial charge in [0.25, 0.3) is 0 Å². The fraction of sp³-hybridized carbons (Fsp3) is 0.222. The van der Waals surface area contributed by atoms with Crippen molar-refractivity contribution in [1.29, 1.82) is 0 Å². The van der Waals surface area contributed by atoms with E-state index in [0.29, 0.717) is 5.82 Å². The second-order valence-electron chi connectivity index (χ2n) is 6.05. The van der Waals surface area contributed by atoms with Gasteiger partial charge in [-0.2, -0.15) is 0 Å². The van der Waals surface area contributed by atoms with Crippen LogP contribution in [-0.2, 0) is 7.05 Å². The molecule has 0 saturated carbocycles. The summed E-state index contributed by atoms with van der Waals surface area (Å²) in [5.74, 6) is 2.19. The van der Waals surface area contributed by atoms with Crippen LogP contribution in [0.5, 0.6) is 0 Å². The molecule has 0 bridgehead atoms. The predicted octanol–water partition coefficient (Wildman–Crippen LogP) is 3.69. The van der Waals surface area contributed by atoms with E-state index in [1.165, 1.54) is 6.33 Å². The van der Waals surface area contributed by atoms with E-state index >= 15 is 0 Å². The number of aryl methyl sites for hydroxylation is 4. The van der Waals surface area contributed by atoms with Gasteiger partial charge in [-0.25, -0.2) is 15.0 Å². The highest BCUT2D eigenvalue weighted by Crippen LogP contribution is 2.33. The Labute approximate surface area is 144 Å². The molecule has 7 heteroatoms. The smallest absolute Gasteiger partial charge is 0.143 e. The Morgan fingerprint density at radius 3 is 2.68 bits per heavy atom. The lowest BCUT2D eigenvalue weighted by atomic mass is 10.1. The fourth-order valence-electron chi connectivity index (χ4n) is 3.01. The molecule has 0 amide bonds. The van der Waals surface area contributed by atoms with Crippen molar-refractivity contribution in [3.05, 3.63) is 47.9 Å². The maximum atomic E-state index is 5.32. The van der Waals surface area contributed by atoms with Gasteiger partial charge in [0.15, 0.2) is 0 Å². The van der Waals surface area contributed by atoms with Crippen LogP contribution in [0.15, 0.2) is 35.2 Å². The van der Waals surface area contributed by atoms with Gasteiger partial charge in [-0.05, 0) is 39.0 Å². The molecule has 1 N–H and O–H groups in total. The maximum absolute atomic E-state index is 5.32. The Kier molecular flexibility index (Phi) is 3.49. The summed E-state index contributed by atoms with van der Waals surface area (Å²) < 4.78 is 7.46. The number of pyridine rings is 1. The summed E-state index contributed by atoms with van der Waals surface area (Å²) in [4.78, 5) is 13.0. The monoisotopic (exact) mass is 334 g/mol. The van der Waals surface area contributed by atoms with Crippen LogP contribution in [0.25, 0.3) is 22.2 Å². The fourth-order valence-corrected chi connectivity index (χ4v) is 3.01. The molecule has 4 rings (SSSR count). The highest BCUT2D eigenvalue weighted by atomic mass is 16.5. The molecule has 0 aliphatic rings. The Balaban J connectivity index is 1.95. The maximum Gasteiger partial charge on any atom is 0.143 e. The number of fused-ring (bicyclic) bond motifs is 1. The lowest BCUT2D eigenvalue weighted by molar-refractivity contribution is 0.393. The molecular weight excluding hydrogens is 316 g/mol. The van der Waals surface area contributed by atoms with E-state index in [1.54, 1.807) is 6.20 Å². The van der Waals surface area contributed by atoms with E-state index in [2.05, 4.69) is 44.1 Å². The van der Waals surface area contributed by atoms with Gasteiger partial charge in [0, 0.05) is 24.3 Å². The van der Waals surface area contributed by atoms with Crippen LogP contribution in [0, 0.1) is 20.8 Å². The average Bonchev–Trinajstić information content (AvgIpc) is 3.09. The minimum atomic E-state index is 0.696. The van der Waals surface area contributed by atoms with Gasteiger partial charge in [-0.3, -0.25) is 0 Å². The van der Waals surface area contributed by atoms with Gasteiger partial charge in [0.05, 0.1) is 22.5 Å². The molecule has 0 spiro atoms. The molecular formula is C18H18N6O. The van der Waals surface area contributed by atoms with Crippen molar-refractivity contribution in [2.45, 2.75) is 20.8 Å². The third-order valence-corrected chi connectivity index (χ3v) is 4.40. The molecule has 4 aromatic heterocycles. The standard InChI is InChI=1S/C18H18N6O/c1-10-7-13-15(24(10)4)8-14(17-11(2)23-25-12(17)3)21-18(13)22-16-5-6-19-9-20-16/h5-9H,1-4H3,(H,19,20,21,22). The average molecular weight is 334 g/mol. The Hall–Kier alpha value is -3.22. The van der Waals surface area contributed by atoms with Gasteiger partial charge >= 0.3 is 0 Å². The molecule has 0 unspecified atom stereocenters. The Morgan fingerprint density at radius 1 is 1.16 bits per heavy atom. The third kappa shape index (κ3) is 2.53. The Morgan fingerprint density at radius 2 is 2.00 bits per heavy atom. The minimum Gasteiger partial charge on any atom is -0.361 e. The largest absolute Gasteiger partial charge is 0.361 e. The van der Waals surface area contributed by atoms with E-state index < -0.39 is 0 Å². The Bertz CT molecular complexity index is 1040. The third-order valence-electron chi connectivity index (χ3n) is 4.40. The summed E-state index contributed by atoms with van der Waals surface area (Å²) in [5, 5.41) is 8.39. The second kappa shape index (κ2) is 5.70. The zero-order chi connectivity index (χ0) is 17.6. The molecule has 0 aliphatic heterocycles. The van der Waals surface area contributed by atoms with Gasteiger partial charge in [0.2, 0.25) is 0 Å². The van der Waals surface area contributed by atoms with Crippen LogP contribution in [0.4, 0.5) is 11.6 Å². The van der Waals surface area contributed by atoms with Crippen LogP contribution >= 0.6 is 0 Å². The molecule has 0 radical (unpaired) electrons. The number of anilines is 2. The molecule has 0 saturated heterocycles. The SMILES string of the molecule is Cc1noc(C)c1-c1cc2c(cc(C)n2C)c(Nc2ccncn2)n1. The summed E-state index contributed by atoms with van der Waals surface area (Å²) in [6.07, 6.45) is 3.20. The minimum absolute atomic E-state index is 0.696. The summed E-state index contributed by atoms with van der Waals surface area (Å²) in [6.45, 7) is 5.89. The second-order valence-corrected chi connectivity index (χ2v) is 6.05. The zero-order valence-corrected chi connectivity index (χ0v) is 14.5. The van der Waals surface area contributed by atoms with Gasteiger partial charge in [-0.1, -0.05) is 5.16 Å². The summed E-state index contributed by atoms with van der Waals surface area (Å²) in [7, 11) is 2.04. The number of hydrogen-bond acceptors (Lipinski definition) is 6. The van der Waals surface area contributed by atoms with Crippen LogP contribution in [-0.4, -0.2) is 24.7 Å². The number of hydrogen-bond donors (Lipinski definition) is 1. The summed E-state index contributed by atoms with van der Waals surface area (Å²) >= 11 is 0. The van der Waals surface area contributed by atoms with E-state index in [0.717, 1.165) is 45.1 Å². The van der Waals surface area contributed by atoms with E-state index in [9.17, 15) is 0 Å². The number of rotatable bonds is 3. The first-order valence-electron chi connectivity index (χ1n) is 7.98. The zero-order valence-electron chi connectivity index (χ0n) is 14.5. The first-order valence-corrected chi connectivity index (χ1v) is 7.98. The normalized spacial score (nSPS) is 11.2. The van der Waals surface area contributed by atoms with Crippen molar-refractivity contribution >= 4 is 22.5 Å². The molecule has 0 aromatic carbocycles. The predicted molar refractivity (Wildman–Crippen MR) is 95.7 cm³/mol. The van der Waals surface area contributed by atoms with Crippen molar-refractivity contribution in [2.75, 3.05) is 5.32 Å². The highest BCUT2D eigenvalue weighted by Gasteiger charge is 2.18. The quantitative estimate of drug-likeness (QED) is 0.615. The van der Waals surface area contributed by atoms with Crippen LogP contribution < -0.4 is 5.32 Å². The number of nitrogens with one attached hydrogen (secondary N) is 1. The molecule has 7 nitrogen and oxygen atoms in total. The lowest BCUT2D eigenvalue weighted by Crippen LogP contribution is -1.99. The van der Waals surface area contributed by atoms with Gasteiger partial charge in [0.1, 0.15) is 23.7 Å². The van der Waals surface area contributed by atoms with Gasteiger partial charge in [-0.15, -0.1) is 0 Å². The van der Waals surface area contributed by atoms with E-state index in [1.807, 2.05) is 27.0 Å². The molecule has 126 valence electrons. The van der Waals surface area contributed by atoms with Crippen molar-refractivity contribution in [3.63, 3.8) is 0 Å². The van der Waals surface area contributed by atoms with Crippen LogP contribution in [0.1, 0.15) is 17.1 Å². The molecule has 0 aliphatic carbocycles. The summed E-state index contributed by atoms with van der Waals surface area (Å²) in [6, 6.07) is 5.99. The molecule has 25 heavy (non-hydrogen) atoms. The molecule has 0 atom stereocenters.